The molecule has 5 nitrogen and oxygen atoms in total. The summed E-state index contributed by atoms with van der Waals surface area (Å²) in [5, 5.41) is 5.15. The molecule has 4 rings (SSSR count). The number of hydrogen-bond donors (Lipinski definition) is 1. The smallest absolute Gasteiger partial charge is 0.248 e. The molecule has 0 bridgehead atoms. The van der Waals surface area contributed by atoms with Crippen LogP contribution in [0.2, 0.25) is 0 Å². The van der Waals surface area contributed by atoms with Gasteiger partial charge in [0.25, 0.3) is 0 Å². The van der Waals surface area contributed by atoms with Crippen LogP contribution in [0.1, 0.15) is 65.0 Å². The first-order valence-corrected chi connectivity index (χ1v) is 12.6. The van der Waals surface area contributed by atoms with E-state index >= 15 is 0 Å². The molecular weight excluding hydrogens is 444 g/mol. The van der Waals surface area contributed by atoms with Crippen LogP contribution in [0.25, 0.3) is 0 Å². The molecule has 1 N–H and O–H groups in total. The fourth-order valence-corrected chi connectivity index (χ4v) is 5.30. The second-order valence-electron chi connectivity index (χ2n) is 8.88. The topological polar surface area (TPSA) is 66.5 Å². The van der Waals surface area contributed by atoms with Gasteiger partial charge in [-0.25, -0.2) is 0 Å². The van der Waals surface area contributed by atoms with Crippen LogP contribution in [0.4, 0.5) is 5.69 Å². The number of hydrogen-bond acceptors (Lipinski definition) is 4. The number of ketones is 1. The predicted octanol–water partition coefficient (Wildman–Crippen LogP) is 5.63. The third-order valence-corrected chi connectivity index (χ3v) is 7.27. The van der Waals surface area contributed by atoms with Crippen LogP contribution in [0.15, 0.2) is 66.0 Å². The Hall–Kier alpha value is -3.25. The van der Waals surface area contributed by atoms with Crippen molar-refractivity contribution >= 4 is 34.6 Å². The number of anilines is 1. The van der Waals surface area contributed by atoms with E-state index in [1.807, 2.05) is 48.7 Å². The summed E-state index contributed by atoms with van der Waals surface area (Å²) in [7, 11) is 0. The van der Waals surface area contributed by atoms with Crippen LogP contribution in [0.3, 0.4) is 0 Å². The van der Waals surface area contributed by atoms with Crippen molar-refractivity contribution in [3.63, 3.8) is 0 Å². The van der Waals surface area contributed by atoms with Gasteiger partial charge in [-0.15, -0.1) is 11.3 Å². The molecule has 1 unspecified atom stereocenters. The van der Waals surface area contributed by atoms with Gasteiger partial charge in [-0.3, -0.25) is 19.3 Å². The molecule has 1 aromatic heterocycles. The highest BCUT2D eigenvalue weighted by Gasteiger charge is 2.35. The van der Waals surface area contributed by atoms with E-state index in [1.54, 1.807) is 29.2 Å². The van der Waals surface area contributed by atoms with Crippen LogP contribution in [0, 0.1) is 6.92 Å². The summed E-state index contributed by atoms with van der Waals surface area (Å²) in [5.74, 6) is -0.456. The van der Waals surface area contributed by atoms with Crippen LogP contribution < -0.4 is 10.2 Å². The number of benzene rings is 2. The van der Waals surface area contributed by atoms with Gasteiger partial charge in [-0.1, -0.05) is 55.3 Å². The van der Waals surface area contributed by atoms with E-state index in [4.69, 9.17) is 0 Å². The Labute approximate surface area is 204 Å². The lowest BCUT2D eigenvalue weighted by Gasteiger charge is -2.33. The van der Waals surface area contributed by atoms with Crippen molar-refractivity contribution in [2.45, 2.75) is 58.0 Å². The lowest BCUT2D eigenvalue weighted by molar-refractivity contribution is -0.127. The summed E-state index contributed by atoms with van der Waals surface area (Å²) in [4.78, 5) is 42.3. The second-order valence-corrected chi connectivity index (χ2v) is 9.91. The van der Waals surface area contributed by atoms with E-state index in [0.29, 0.717) is 11.3 Å². The molecule has 0 radical (unpaired) electrons. The predicted molar refractivity (Wildman–Crippen MR) is 136 cm³/mol. The minimum Gasteiger partial charge on any atom is -0.351 e. The molecule has 2 amide bonds. The number of carbonyl (C=O) groups is 3. The molecule has 3 aromatic rings. The molecule has 1 aliphatic rings. The van der Waals surface area contributed by atoms with Gasteiger partial charge >= 0.3 is 0 Å². The molecule has 1 heterocycles. The Bertz CT molecular complexity index is 1170. The summed E-state index contributed by atoms with van der Waals surface area (Å²) >= 11 is 1.51. The maximum atomic E-state index is 13.8. The molecule has 1 fully saturated rings. The van der Waals surface area contributed by atoms with Gasteiger partial charge in [0.1, 0.15) is 6.04 Å². The van der Waals surface area contributed by atoms with Gasteiger partial charge in [0.05, 0.1) is 6.42 Å². The molecule has 1 saturated carbocycles. The zero-order valence-electron chi connectivity index (χ0n) is 19.6. The summed E-state index contributed by atoms with van der Waals surface area (Å²) < 4.78 is 0. The highest BCUT2D eigenvalue weighted by atomic mass is 32.1. The zero-order valence-corrected chi connectivity index (χ0v) is 20.4. The summed E-state index contributed by atoms with van der Waals surface area (Å²) in [6.07, 6.45) is 4.29. The monoisotopic (exact) mass is 474 g/mol. The van der Waals surface area contributed by atoms with Gasteiger partial charge in [-0.2, -0.15) is 0 Å². The van der Waals surface area contributed by atoms with Crippen molar-refractivity contribution in [1.82, 2.24) is 5.32 Å². The fraction of sp³-hybridized carbons (Fsp3) is 0.321. The average molecular weight is 475 g/mol. The first-order valence-electron chi connectivity index (χ1n) is 11.8. The van der Waals surface area contributed by atoms with Crippen molar-refractivity contribution in [2.24, 2.45) is 0 Å². The van der Waals surface area contributed by atoms with Crippen LogP contribution in [0.5, 0.6) is 0 Å². The SMILES string of the molecule is CC(=O)c1cccc(N(C(=O)Cc2cccs2)C(C(=O)NC2CCCC2)c2ccccc2C)c1. The number of thiophene rings is 1. The van der Waals surface area contributed by atoms with Crippen molar-refractivity contribution in [2.75, 3.05) is 4.90 Å². The maximum Gasteiger partial charge on any atom is 0.248 e. The Morgan fingerprint density at radius 2 is 1.79 bits per heavy atom. The zero-order chi connectivity index (χ0) is 24.1. The van der Waals surface area contributed by atoms with E-state index in [0.717, 1.165) is 41.7 Å². The molecule has 1 atom stereocenters. The molecule has 6 heteroatoms. The molecular formula is C28H30N2O3S. The van der Waals surface area contributed by atoms with Crippen molar-refractivity contribution < 1.29 is 14.4 Å². The second kappa shape index (κ2) is 10.8. The van der Waals surface area contributed by atoms with E-state index in [2.05, 4.69) is 5.32 Å². The average Bonchev–Trinajstić information content (AvgIpc) is 3.52. The lowest BCUT2D eigenvalue weighted by Crippen LogP contribution is -2.47. The number of carbonyl (C=O) groups excluding carboxylic acids is 3. The Morgan fingerprint density at radius 3 is 2.47 bits per heavy atom. The summed E-state index contributed by atoms with van der Waals surface area (Å²) in [6, 6.07) is 17.8. The summed E-state index contributed by atoms with van der Waals surface area (Å²) in [6.45, 7) is 3.46. The van der Waals surface area contributed by atoms with Crippen LogP contribution >= 0.6 is 11.3 Å². The van der Waals surface area contributed by atoms with Crippen LogP contribution in [-0.4, -0.2) is 23.6 Å². The third kappa shape index (κ3) is 5.45. The minimum absolute atomic E-state index is 0.0876. The molecule has 34 heavy (non-hydrogen) atoms. The molecule has 0 saturated heterocycles. The number of Topliss-reactive ketones (excluding diaryl/α,β-unsaturated/α-hetero) is 1. The third-order valence-electron chi connectivity index (χ3n) is 6.40. The highest BCUT2D eigenvalue weighted by Crippen LogP contribution is 2.32. The van der Waals surface area contributed by atoms with Crippen molar-refractivity contribution in [1.29, 1.82) is 0 Å². The van der Waals surface area contributed by atoms with Crippen LogP contribution in [-0.2, 0) is 16.0 Å². The maximum absolute atomic E-state index is 13.8. The van der Waals surface area contributed by atoms with Crippen molar-refractivity contribution in [3.8, 4) is 0 Å². The molecule has 0 spiro atoms. The number of aryl methyl sites for hydroxylation is 1. The quantitative estimate of drug-likeness (QED) is 0.430. The molecule has 176 valence electrons. The number of nitrogens with one attached hydrogen (secondary N) is 1. The lowest BCUT2D eigenvalue weighted by atomic mass is 9.97. The van der Waals surface area contributed by atoms with Gasteiger partial charge in [0.15, 0.2) is 5.78 Å². The van der Waals surface area contributed by atoms with E-state index in [-0.39, 0.29) is 30.1 Å². The van der Waals surface area contributed by atoms with E-state index in [1.165, 1.54) is 18.3 Å². The first kappa shape index (κ1) is 23.9. The molecule has 2 aromatic carbocycles. The highest BCUT2D eigenvalue weighted by molar-refractivity contribution is 7.10. The van der Waals surface area contributed by atoms with Gasteiger partial charge in [0.2, 0.25) is 11.8 Å². The minimum atomic E-state index is -0.837. The first-order chi connectivity index (χ1) is 16.4. The molecule has 1 aliphatic carbocycles. The normalized spacial score (nSPS) is 14.5. The Morgan fingerprint density at radius 1 is 1.03 bits per heavy atom. The largest absolute Gasteiger partial charge is 0.351 e. The van der Waals surface area contributed by atoms with Gasteiger partial charge in [0, 0.05) is 22.2 Å². The van der Waals surface area contributed by atoms with Gasteiger partial charge < -0.3 is 5.32 Å². The van der Waals surface area contributed by atoms with Gasteiger partial charge in [-0.05, 0) is 61.4 Å². The number of rotatable bonds is 8. The summed E-state index contributed by atoms with van der Waals surface area (Å²) in [5.41, 5.74) is 2.77. The number of nitrogens with zero attached hydrogens (tertiary/aromatic N) is 1. The Balaban J connectivity index is 1.81. The standard InChI is InChI=1S/C28H30N2O3S/c1-19-9-3-6-15-25(19)27(28(33)29-22-11-4-5-12-22)30(26(32)18-24-14-8-16-34-24)23-13-7-10-21(17-23)20(2)31/h3,6-10,13-17,22,27H,4-5,11-12,18H2,1-2H3,(H,29,33). The fourth-order valence-electron chi connectivity index (χ4n) is 4.60. The van der Waals surface area contributed by atoms with Crippen molar-refractivity contribution in [3.05, 3.63) is 87.6 Å². The molecule has 0 aliphatic heterocycles. The van der Waals surface area contributed by atoms with E-state index in [9.17, 15) is 14.4 Å². The van der Waals surface area contributed by atoms with E-state index < -0.39 is 6.04 Å². The number of amides is 2. The Kier molecular flexibility index (Phi) is 7.58.